The van der Waals surface area contributed by atoms with E-state index in [0.29, 0.717) is 6.42 Å². The molecule has 1 fully saturated rings. The summed E-state index contributed by atoms with van der Waals surface area (Å²) in [6.45, 7) is 10.4. The Bertz CT molecular complexity index is 500. The van der Waals surface area contributed by atoms with E-state index in [9.17, 15) is 4.79 Å². The summed E-state index contributed by atoms with van der Waals surface area (Å²) in [6, 6.07) is -0.0591. The highest BCUT2D eigenvalue weighted by molar-refractivity contribution is 5.76. The number of piperazine rings is 1. The van der Waals surface area contributed by atoms with E-state index in [1.807, 2.05) is 23.6 Å². The van der Waals surface area contributed by atoms with Gasteiger partial charge in [0.05, 0.1) is 5.69 Å². The maximum Gasteiger partial charge on any atom is 0.224 e. The lowest BCUT2D eigenvalue weighted by atomic mass is 10.1. The van der Waals surface area contributed by atoms with Crippen LogP contribution in [0.2, 0.25) is 0 Å². The molecule has 1 atom stereocenters. The molecule has 1 amide bonds. The van der Waals surface area contributed by atoms with Crippen LogP contribution >= 0.6 is 0 Å². The van der Waals surface area contributed by atoms with Crippen LogP contribution in [-0.4, -0.2) is 57.7 Å². The number of hydrogen-bond acceptors (Lipinski definition) is 4. The predicted molar refractivity (Wildman–Crippen MR) is 82.8 cm³/mol. The molecule has 0 aromatic carbocycles. The van der Waals surface area contributed by atoms with Crippen molar-refractivity contribution in [1.29, 1.82) is 0 Å². The normalized spacial score (nSPS) is 18.0. The highest BCUT2D eigenvalue weighted by Gasteiger charge is 2.23. The molecule has 0 saturated carbocycles. The molecular formula is C15H27N5O. The Balaban J connectivity index is 1.88. The van der Waals surface area contributed by atoms with Gasteiger partial charge in [-0.2, -0.15) is 5.10 Å². The fourth-order valence-corrected chi connectivity index (χ4v) is 2.83. The molecule has 2 N–H and O–H groups in total. The number of rotatable bonds is 4. The SMILES string of the molecule is Cc1nn(C)c(C)c1CN1CCN(C(=O)CC(C)N)CC1. The van der Waals surface area contributed by atoms with Gasteiger partial charge < -0.3 is 10.6 Å². The zero-order valence-corrected chi connectivity index (χ0v) is 13.6. The monoisotopic (exact) mass is 293 g/mol. The lowest BCUT2D eigenvalue weighted by Gasteiger charge is -2.35. The van der Waals surface area contributed by atoms with Gasteiger partial charge in [0, 0.05) is 63.5 Å². The molecule has 1 aromatic rings. The molecule has 6 nitrogen and oxygen atoms in total. The summed E-state index contributed by atoms with van der Waals surface area (Å²) >= 11 is 0. The van der Waals surface area contributed by atoms with Crippen molar-refractivity contribution in [3.05, 3.63) is 17.0 Å². The van der Waals surface area contributed by atoms with Crippen LogP contribution in [0.3, 0.4) is 0 Å². The minimum Gasteiger partial charge on any atom is -0.340 e. The highest BCUT2D eigenvalue weighted by Crippen LogP contribution is 2.16. The molecule has 118 valence electrons. The van der Waals surface area contributed by atoms with E-state index in [4.69, 9.17) is 5.73 Å². The fraction of sp³-hybridized carbons (Fsp3) is 0.733. The van der Waals surface area contributed by atoms with Crippen LogP contribution < -0.4 is 5.73 Å². The van der Waals surface area contributed by atoms with Crippen molar-refractivity contribution < 1.29 is 4.79 Å². The van der Waals surface area contributed by atoms with Crippen molar-refractivity contribution in [1.82, 2.24) is 19.6 Å². The Labute approximate surface area is 126 Å². The number of hydrogen-bond donors (Lipinski definition) is 1. The molecule has 0 radical (unpaired) electrons. The second-order valence-electron chi connectivity index (χ2n) is 6.11. The minimum absolute atomic E-state index is 0.0591. The Morgan fingerprint density at radius 1 is 1.29 bits per heavy atom. The van der Waals surface area contributed by atoms with E-state index >= 15 is 0 Å². The van der Waals surface area contributed by atoms with Crippen LogP contribution in [0.25, 0.3) is 0 Å². The standard InChI is InChI=1S/C15H27N5O/c1-11(16)9-15(21)20-7-5-19(6-8-20)10-14-12(2)17-18(4)13(14)3/h11H,5-10,16H2,1-4H3. The van der Waals surface area contributed by atoms with Gasteiger partial charge in [-0.15, -0.1) is 0 Å². The number of carbonyl (C=O) groups excluding carboxylic acids is 1. The quantitative estimate of drug-likeness (QED) is 0.873. The number of aromatic nitrogens is 2. The molecule has 6 heteroatoms. The van der Waals surface area contributed by atoms with Gasteiger partial charge in [0.25, 0.3) is 0 Å². The first-order valence-electron chi connectivity index (χ1n) is 7.63. The largest absolute Gasteiger partial charge is 0.340 e. The molecule has 0 spiro atoms. The molecular weight excluding hydrogens is 266 g/mol. The van der Waals surface area contributed by atoms with Crippen LogP contribution in [-0.2, 0) is 18.4 Å². The number of carbonyl (C=O) groups is 1. The number of amides is 1. The van der Waals surface area contributed by atoms with Crippen LogP contribution in [0.5, 0.6) is 0 Å². The van der Waals surface area contributed by atoms with Crippen molar-refractivity contribution >= 4 is 5.91 Å². The van der Waals surface area contributed by atoms with Gasteiger partial charge in [-0.25, -0.2) is 0 Å². The molecule has 1 aliphatic heterocycles. The molecule has 21 heavy (non-hydrogen) atoms. The zero-order valence-electron chi connectivity index (χ0n) is 13.6. The maximum absolute atomic E-state index is 12.0. The van der Waals surface area contributed by atoms with Gasteiger partial charge in [0.15, 0.2) is 0 Å². The minimum atomic E-state index is -0.0591. The van der Waals surface area contributed by atoms with E-state index in [0.717, 1.165) is 38.4 Å². The summed E-state index contributed by atoms with van der Waals surface area (Å²) in [6.07, 6.45) is 0.445. The third-order valence-corrected chi connectivity index (χ3v) is 4.26. The van der Waals surface area contributed by atoms with Crippen LogP contribution in [0, 0.1) is 13.8 Å². The summed E-state index contributed by atoms with van der Waals surface area (Å²) in [4.78, 5) is 16.3. The Kier molecular flexibility index (Phi) is 5.00. The molecule has 1 aliphatic rings. The molecule has 2 rings (SSSR count). The topological polar surface area (TPSA) is 67.4 Å². The average molecular weight is 293 g/mol. The van der Waals surface area contributed by atoms with Crippen molar-refractivity contribution in [2.45, 2.75) is 39.8 Å². The summed E-state index contributed by atoms with van der Waals surface area (Å²) in [5, 5.41) is 4.46. The first-order valence-corrected chi connectivity index (χ1v) is 7.63. The summed E-state index contributed by atoms with van der Waals surface area (Å²) < 4.78 is 1.94. The molecule has 0 bridgehead atoms. The highest BCUT2D eigenvalue weighted by atomic mass is 16.2. The second-order valence-corrected chi connectivity index (χ2v) is 6.11. The maximum atomic E-state index is 12.0. The average Bonchev–Trinajstić information content (AvgIpc) is 2.65. The van der Waals surface area contributed by atoms with Gasteiger partial charge in [0.2, 0.25) is 5.91 Å². The third kappa shape index (κ3) is 3.83. The van der Waals surface area contributed by atoms with E-state index in [2.05, 4.69) is 23.8 Å². The van der Waals surface area contributed by atoms with E-state index in [1.165, 1.54) is 11.3 Å². The molecule has 0 aliphatic carbocycles. The third-order valence-electron chi connectivity index (χ3n) is 4.26. The summed E-state index contributed by atoms with van der Waals surface area (Å²) in [7, 11) is 1.98. The Hall–Kier alpha value is -1.40. The van der Waals surface area contributed by atoms with Crippen LogP contribution in [0.15, 0.2) is 0 Å². The van der Waals surface area contributed by atoms with Gasteiger partial charge in [0.1, 0.15) is 0 Å². The van der Waals surface area contributed by atoms with Gasteiger partial charge in [-0.3, -0.25) is 14.4 Å². The number of aryl methyl sites for hydroxylation is 2. The lowest BCUT2D eigenvalue weighted by molar-refractivity contribution is -0.133. The summed E-state index contributed by atoms with van der Waals surface area (Å²) in [5.74, 6) is 0.179. The van der Waals surface area contributed by atoms with Crippen molar-refractivity contribution in [3.8, 4) is 0 Å². The van der Waals surface area contributed by atoms with Gasteiger partial charge >= 0.3 is 0 Å². The molecule has 1 saturated heterocycles. The Morgan fingerprint density at radius 3 is 2.38 bits per heavy atom. The van der Waals surface area contributed by atoms with Crippen molar-refractivity contribution in [2.75, 3.05) is 26.2 Å². The van der Waals surface area contributed by atoms with Crippen LogP contribution in [0.1, 0.15) is 30.3 Å². The van der Waals surface area contributed by atoms with E-state index in [1.54, 1.807) is 0 Å². The zero-order chi connectivity index (χ0) is 15.6. The first-order chi connectivity index (χ1) is 9.88. The van der Waals surface area contributed by atoms with Gasteiger partial charge in [-0.1, -0.05) is 0 Å². The first kappa shape index (κ1) is 16.0. The lowest BCUT2D eigenvalue weighted by Crippen LogP contribution is -2.49. The smallest absolute Gasteiger partial charge is 0.224 e. The van der Waals surface area contributed by atoms with Gasteiger partial charge in [-0.05, 0) is 20.8 Å². The van der Waals surface area contributed by atoms with Crippen molar-refractivity contribution in [3.63, 3.8) is 0 Å². The van der Waals surface area contributed by atoms with E-state index in [-0.39, 0.29) is 11.9 Å². The van der Waals surface area contributed by atoms with Crippen molar-refractivity contribution in [2.24, 2.45) is 12.8 Å². The van der Waals surface area contributed by atoms with Crippen LogP contribution in [0.4, 0.5) is 0 Å². The number of nitrogens with two attached hydrogens (primary N) is 1. The fourth-order valence-electron chi connectivity index (χ4n) is 2.83. The molecule has 1 aromatic heterocycles. The molecule has 1 unspecified atom stereocenters. The number of nitrogens with zero attached hydrogens (tertiary/aromatic N) is 4. The van der Waals surface area contributed by atoms with E-state index < -0.39 is 0 Å². The molecule has 2 heterocycles. The Morgan fingerprint density at radius 2 is 1.90 bits per heavy atom. The second kappa shape index (κ2) is 6.58. The predicted octanol–water partition coefficient (Wildman–Crippen LogP) is 0.418. The summed E-state index contributed by atoms with van der Waals surface area (Å²) in [5.41, 5.74) is 9.34.